The maximum atomic E-state index is 11.5. The Bertz CT molecular complexity index is 934. The Morgan fingerprint density at radius 3 is 2.73 bits per heavy atom. The summed E-state index contributed by atoms with van der Waals surface area (Å²) in [6, 6.07) is 13.5. The number of rotatable bonds is 6. The molecule has 0 fully saturated rings. The number of nitrogens with zero attached hydrogens (tertiary/aromatic N) is 3. The number of benzene rings is 2. The standard InChI is InChI=1S/C19H19N3O2S2/c1-22(2)12-20-15-8-9-16-17(10-15)26-19(21-16)25-11-13-4-6-14(7-5-13)18(23)24-3/h4-10,12H,11H2,1-3H3/b20-12+. The lowest BCUT2D eigenvalue weighted by molar-refractivity contribution is 0.0600. The van der Waals surface area contributed by atoms with E-state index in [1.54, 1.807) is 41.6 Å². The molecule has 3 rings (SSSR count). The van der Waals surface area contributed by atoms with Gasteiger partial charge in [0, 0.05) is 19.8 Å². The summed E-state index contributed by atoms with van der Waals surface area (Å²) < 4.78 is 6.86. The highest BCUT2D eigenvalue weighted by Gasteiger charge is 2.07. The third kappa shape index (κ3) is 4.62. The van der Waals surface area contributed by atoms with Gasteiger partial charge in [0.2, 0.25) is 0 Å². The fourth-order valence-corrected chi connectivity index (χ4v) is 4.27. The molecule has 0 aliphatic carbocycles. The van der Waals surface area contributed by atoms with Crippen molar-refractivity contribution in [1.82, 2.24) is 9.88 Å². The van der Waals surface area contributed by atoms with Crippen molar-refractivity contribution in [2.45, 2.75) is 10.1 Å². The fraction of sp³-hybridized carbons (Fsp3) is 0.211. The molecule has 134 valence electrons. The van der Waals surface area contributed by atoms with Crippen molar-refractivity contribution in [3.8, 4) is 0 Å². The first kappa shape index (κ1) is 18.4. The van der Waals surface area contributed by atoms with Gasteiger partial charge in [-0.15, -0.1) is 11.3 Å². The monoisotopic (exact) mass is 385 g/mol. The van der Waals surface area contributed by atoms with Crippen LogP contribution in [-0.4, -0.2) is 43.4 Å². The minimum absolute atomic E-state index is 0.317. The molecule has 0 bridgehead atoms. The average molecular weight is 386 g/mol. The number of aliphatic imine (C=N–C) groups is 1. The third-order valence-corrected chi connectivity index (χ3v) is 5.76. The van der Waals surface area contributed by atoms with Crippen LogP contribution >= 0.6 is 23.1 Å². The van der Waals surface area contributed by atoms with E-state index in [0.717, 1.165) is 31.6 Å². The Kier molecular flexibility index (Phi) is 5.90. The van der Waals surface area contributed by atoms with Crippen LogP contribution in [0, 0.1) is 0 Å². The third-order valence-electron chi connectivity index (χ3n) is 3.53. The number of hydrogen-bond donors (Lipinski definition) is 0. The molecule has 26 heavy (non-hydrogen) atoms. The molecule has 0 spiro atoms. The number of aromatic nitrogens is 1. The minimum Gasteiger partial charge on any atom is -0.465 e. The zero-order chi connectivity index (χ0) is 18.5. The number of carbonyl (C=O) groups excluding carboxylic acids is 1. The first-order chi connectivity index (χ1) is 12.5. The van der Waals surface area contributed by atoms with Gasteiger partial charge in [-0.2, -0.15) is 0 Å². The molecule has 7 heteroatoms. The smallest absolute Gasteiger partial charge is 0.337 e. The molecular weight excluding hydrogens is 366 g/mol. The highest BCUT2D eigenvalue weighted by molar-refractivity contribution is 8.00. The summed E-state index contributed by atoms with van der Waals surface area (Å²) in [5.41, 5.74) is 3.61. The van der Waals surface area contributed by atoms with E-state index < -0.39 is 0 Å². The van der Waals surface area contributed by atoms with Gasteiger partial charge in [-0.25, -0.2) is 14.8 Å². The zero-order valence-electron chi connectivity index (χ0n) is 14.8. The summed E-state index contributed by atoms with van der Waals surface area (Å²) >= 11 is 3.35. The quantitative estimate of drug-likeness (QED) is 0.269. The highest BCUT2D eigenvalue weighted by Crippen LogP contribution is 2.33. The van der Waals surface area contributed by atoms with Crippen molar-refractivity contribution in [2.24, 2.45) is 4.99 Å². The molecule has 0 unspecified atom stereocenters. The van der Waals surface area contributed by atoms with Gasteiger partial charge in [-0.1, -0.05) is 23.9 Å². The van der Waals surface area contributed by atoms with E-state index in [0.29, 0.717) is 5.56 Å². The predicted octanol–water partition coefficient (Wildman–Crippen LogP) is 4.60. The second-order valence-corrected chi connectivity index (χ2v) is 8.07. The summed E-state index contributed by atoms with van der Waals surface area (Å²) in [5.74, 6) is 0.482. The van der Waals surface area contributed by atoms with Crippen LogP contribution in [0.15, 0.2) is 51.8 Å². The number of hydrogen-bond acceptors (Lipinski definition) is 6. The second-order valence-electron chi connectivity index (χ2n) is 5.82. The van der Waals surface area contributed by atoms with Crippen LogP contribution in [0.3, 0.4) is 0 Å². The predicted molar refractivity (Wildman–Crippen MR) is 109 cm³/mol. The van der Waals surface area contributed by atoms with Crippen molar-refractivity contribution < 1.29 is 9.53 Å². The highest BCUT2D eigenvalue weighted by atomic mass is 32.2. The Hall–Kier alpha value is -2.38. The van der Waals surface area contributed by atoms with Crippen LogP contribution in [0.1, 0.15) is 15.9 Å². The van der Waals surface area contributed by atoms with Gasteiger partial charge in [0.15, 0.2) is 4.34 Å². The van der Waals surface area contributed by atoms with E-state index in [2.05, 4.69) is 16.0 Å². The van der Waals surface area contributed by atoms with Crippen molar-refractivity contribution >= 4 is 51.3 Å². The van der Waals surface area contributed by atoms with E-state index in [4.69, 9.17) is 4.74 Å². The van der Waals surface area contributed by atoms with Crippen LogP contribution in [-0.2, 0) is 10.5 Å². The lowest BCUT2D eigenvalue weighted by Crippen LogP contribution is -2.06. The molecule has 1 heterocycles. The van der Waals surface area contributed by atoms with Crippen molar-refractivity contribution in [2.75, 3.05) is 21.2 Å². The summed E-state index contributed by atoms with van der Waals surface area (Å²) in [6.07, 6.45) is 1.79. The van der Waals surface area contributed by atoms with E-state index in [1.165, 1.54) is 7.11 Å². The molecule has 1 aromatic heterocycles. The van der Waals surface area contributed by atoms with Gasteiger partial charge in [-0.3, -0.25) is 0 Å². The Morgan fingerprint density at radius 2 is 2.04 bits per heavy atom. The maximum Gasteiger partial charge on any atom is 0.337 e. The van der Waals surface area contributed by atoms with E-state index in [-0.39, 0.29) is 5.97 Å². The fourth-order valence-electron chi connectivity index (χ4n) is 2.22. The summed E-state index contributed by atoms with van der Waals surface area (Å²) in [4.78, 5) is 22.5. The van der Waals surface area contributed by atoms with Crippen LogP contribution in [0.4, 0.5) is 5.69 Å². The SMILES string of the molecule is COC(=O)c1ccc(CSc2nc3ccc(/N=C/N(C)C)cc3s2)cc1. The topological polar surface area (TPSA) is 54.8 Å². The molecule has 0 saturated heterocycles. The van der Waals surface area contributed by atoms with Gasteiger partial charge in [-0.05, 0) is 35.9 Å². The van der Waals surface area contributed by atoms with Crippen molar-refractivity contribution in [1.29, 1.82) is 0 Å². The lowest BCUT2D eigenvalue weighted by Gasteiger charge is -2.01. The number of carbonyl (C=O) groups is 1. The van der Waals surface area contributed by atoms with Gasteiger partial charge in [0.05, 0.1) is 34.9 Å². The number of ether oxygens (including phenoxy) is 1. The molecule has 0 aliphatic rings. The number of esters is 1. The molecule has 0 aliphatic heterocycles. The van der Waals surface area contributed by atoms with Crippen LogP contribution in [0.2, 0.25) is 0 Å². The van der Waals surface area contributed by atoms with Crippen LogP contribution < -0.4 is 0 Å². The van der Waals surface area contributed by atoms with E-state index in [9.17, 15) is 4.79 Å². The molecule has 0 atom stereocenters. The zero-order valence-corrected chi connectivity index (χ0v) is 16.4. The maximum absolute atomic E-state index is 11.5. The molecule has 0 N–H and O–H groups in total. The van der Waals surface area contributed by atoms with E-state index in [1.807, 2.05) is 43.3 Å². The average Bonchev–Trinajstić information content (AvgIpc) is 3.06. The largest absolute Gasteiger partial charge is 0.465 e. The molecule has 0 radical (unpaired) electrons. The number of fused-ring (bicyclic) bond motifs is 1. The molecule has 3 aromatic rings. The lowest BCUT2D eigenvalue weighted by atomic mass is 10.1. The van der Waals surface area contributed by atoms with Crippen molar-refractivity contribution in [3.05, 3.63) is 53.6 Å². The number of thioether (sulfide) groups is 1. The summed E-state index contributed by atoms with van der Waals surface area (Å²) in [7, 11) is 5.28. The first-order valence-corrected chi connectivity index (χ1v) is 9.76. The molecule has 0 amide bonds. The molecule has 0 saturated carbocycles. The van der Waals surface area contributed by atoms with Gasteiger partial charge in [0.1, 0.15) is 0 Å². The van der Waals surface area contributed by atoms with Crippen LogP contribution in [0.5, 0.6) is 0 Å². The molecular formula is C19H19N3O2S2. The van der Waals surface area contributed by atoms with Gasteiger partial charge in [0.25, 0.3) is 0 Å². The first-order valence-electron chi connectivity index (χ1n) is 7.96. The van der Waals surface area contributed by atoms with Crippen LogP contribution in [0.25, 0.3) is 10.2 Å². The number of thiazole rings is 1. The molecule has 2 aromatic carbocycles. The normalized spacial score (nSPS) is 11.2. The second kappa shape index (κ2) is 8.33. The van der Waals surface area contributed by atoms with Gasteiger partial charge < -0.3 is 9.64 Å². The molecule has 5 nitrogen and oxygen atoms in total. The Labute approximate surface area is 160 Å². The Morgan fingerprint density at radius 1 is 1.27 bits per heavy atom. The van der Waals surface area contributed by atoms with E-state index >= 15 is 0 Å². The Balaban J connectivity index is 1.68. The number of methoxy groups -OCH3 is 1. The minimum atomic E-state index is -0.317. The van der Waals surface area contributed by atoms with Gasteiger partial charge >= 0.3 is 5.97 Å². The van der Waals surface area contributed by atoms with Crippen molar-refractivity contribution in [3.63, 3.8) is 0 Å². The summed E-state index contributed by atoms with van der Waals surface area (Å²) in [6.45, 7) is 0. The summed E-state index contributed by atoms with van der Waals surface area (Å²) in [5, 5.41) is 0.